The fraction of sp³-hybridized carbons (Fsp3) is 0.667. The number of amides is 1. The Kier molecular flexibility index (Phi) is 8.30. The molecule has 10 nitrogen and oxygen atoms in total. The summed E-state index contributed by atoms with van der Waals surface area (Å²) in [6.45, 7) is 4.46. The van der Waals surface area contributed by atoms with Gasteiger partial charge >= 0.3 is 17.9 Å². The number of ether oxygens (including phenoxy) is 4. The van der Waals surface area contributed by atoms with Gasteiger partial charge in [-0.3, -0.25) is 19.2 Å². The molecule has 144 valence electrons. The van der Waals surface area contributed by atoms with Crippen molar-refractivity contribution in [1.82, 2.24) is 5.32 Å². The monoisotopic (exact) mass is 388 g/mol. The Morgan fingerprint density at radius 2 is 1.62 bits per heavy atom. The zero-order valence-electron chi connectivity index (χ0n) is 14.7. The number of isothiocyanates is 1. The molecule has 0 unspecified atom stereocenters. The van der Waals surface area contributed by atoms with Gasteiger partial charge in [0.25, 0.3) is 0 Å². The van der Waals surface area contributed by atoms with Crippen LogP contribution >= 0.6 is 12.2 Å². The van der Waals surface area contributed by atoms with Gasteiger partial charge in [-0.15, -0.1) is 0 Å². The van der Waals surface area contributed by atoms with Gasteiger partial charge in [0, 0.05) is 27.7 Å². The summed E-state index contributed by atoms with van der Waals surface area (Å²) >= 11 is 4.58. The first-order valence-corrected chi connectivity index (χ1v) is 8.03. The molecule has 0 aromatic carbocycles. The van der Waals surface area contributed by atoms with Crippen LogP contribution in [-0.2, 0) is 38.1 Å². The SMILES string of the molecule is CC(=O)N[C@H]1[C@@H](OC(C)=O)[C@H](OC(C)=O)[C@@H](COC(C)=O)O[C@H]1N=C=S. The molecule has 1 aliphatic rings. The normalized spacial score (nSPS) is 27.5. The molecular weight excluding hydrogens is 368 g/mol. The molecule has 1 N–H and O–H groups in total. The van der Waals surface area contributed by atoms with Crippen molar-refractivity contribution < 1.29 is 38.1 Å². The van der Waals surface area contributed by atoms with Crippen molar-refractivity contribution in [3.63, 3.8) is 0 Å². The lowest BCUT2D eigenvalue weighted by Crippen LogP contribution is -2.65. The molecule has 0 bridgehead atoms. The summed E-state index contributed by atoms with van der Waals surface area (Å²) in [6.07, 6.45) is -4.39. The van der Waals surface area contributed by atoms with Crippen LogP contribution in [0.1, 0.15) is 27.7 Å². The summed E-state index contributed by atoms with van der Waals surface area (Å²) in [5, 5.41) is 4.67. The van der Waals surface area contributed by atoms with E-state index < -0.39 is 54.4 Å². The molecule has 1 rings (SSSR count). The third-order valence-corrected chi connectivity index (χ3v) is 3.38. The summed E-state index contributed by atoms with van der Waals surface area (Å²) in [5.41, 5.74) is 0. The van der Waals surface area contributed by atoms with Crippen LogP contribution in [0, 0.1) is 0 Å². The Balaban J connectivity index is 3.28. The number of nitrogens with zero attached hydrogens (tertiary/aromatic N) is 1. The molecule has 11 heteroatoms. The first-order chi connectivity index (χ1) is 12.1. The molecule has 26 heavy (non-hydrogen) atoms. The average molecular weight is 388 g/mol. The molecule has 1 amide bonds. The molecule has 1 fully saturated rings. The number of aliphatic imine (C=N–C) groups is 1. The third-order valence-electron chi connectivity index (χ3n) is 3.27. The summed E-state index contributed by atoms with van der Waals surface area (Å²) in [5.74, 6) is -2.40. The molecule has 0 aromatic heterocycles. The molecule has 1 aliphatic heterocycles. The number of nitrogens with one attached hydrogen (secondary N) is 1. The topological polar surface area (TPSA) is 130 Å². The molecule has 0 radical (unpaired) electrons. The molecule has 0 aromatic rings. The van der Waals surface area contributed by atoms with Crippen LogP contribution in [0.2, 0.25) is 0 Å². The number of hydrogen-bond donors (Lipinski definition) is 1. The van der Waals surface area contributed by atoms with Crippen molar-refractivity contribution in [3.8, 4) is 0 Å². The predicted molar refractivity (Wildman–Crippen MR) is 89.0 cm³/mol. The van der Waals surface area contributed by atoms with Crippen LogP contribution < -0.4 is 5.32 Å². The highest BCUT2D eigenvalue weighted by atomic mass is 32.1. The van der Waals surface area contributed by atoms with Crippen LogP contribution in [0.3, 0.4) is 0 Å². The largest absolute Gasteiger partial charge is 0.463 e. The second-order valence-corrected chi connectivity index (χ2v) is 5.65. The van der Waals surface area contributed by atoms with Gasteiger partial charge in [0.05, 0.1) is 5.16 Å². The second-order valence-electron chi connectivity index (χ2n) is 5.46. The maximum atomic E-state index is 11.5. The first-order valence-electron chi connectivity index (χ1n) is 7.63. The number of carbonyl (C=O) groups is 4. The molecular formula is C15H20N2O8S. The van der Waals surface area contributed by atoms with Gasteiger partial charge in [-0.1, -0.05) is 0 Å². The van der Waals surface area contributed by atoms with Crippen molar-refractivity contribution in [1.29, 1.82) is 0 Å². The first kappa shape index (κ1) is 21.7. The van der Waals surface area contributed by atoms with Crippen LogP contribution in [0.25, 0.3) is 0 Å². The molecule has 0 spiro atoms. The predicted octanol–water partition coefficient (Wildman–Crippen LogP) is -0.255. The minimum absolute atomic E-state index is 0.290. The van der Waals surface area contributed by atoms with Gasteiger partial charge in [0.1, 0.15) is 18.8 Å². The van der Waals surface area contributed by atoms with E-state index in [1.807, 2.05) is 0 Å². The Morgan fingerprint density at radius 3 is 2.08 bits per heavy atom. The van der Waals surface area contributed by atoms with Crippen LogP contribution in [0.15, 0.2) is 4.99 Å². The van der Waals surface area contributed by atoms with E-state index in [1.165, 1.54) is 13.8 Å². The van der Waals surface area contributed by atoms with Gasteiger partial charge in [0.15, 0.2) is 18.4 Å². The van der Waals surface area contributed by atoms with Crippen molar-refractivity contribution in [2.75, 3.05) is 6.61 Å². The highest BCUT2D eigenvalue weighted by Crippen LogP contribution is 2.27. The molecule has 0 saturated carbocycles. The van der Waals surface area contributed by atoms with Gasteiger partial charge in [-0.05, 0) is 12.2 Å². The van der Waals surface area contributed by atoms with E-state index in [2.05, 4.69) is 27.7 Å². The number of thiocarbonyl (C=S) groups is 1. The number of carbonyl (C=O) groups excluding carboxylic acids is 4. The van der Waals surface area contributed by atoms with Gasteiger partial charge in [-0.25, -0.2) is 0 Å². The average Bonchev–Trinajstić information content (AvgIpc) is 2.50. The van der Waals surface area contributed by atoms with E-state index >= 15 is 0 Å². The van der Waals surface area contributed by atoms with Crippen molar-refractivity contribution >= 4 is 41.2 Å². The Morgan fingerprint density at radius 1 is 1.04 bits per heavy atom. The quantitative estimate of drug-likeness (QED) is 0.283. The number of rotatable bonds is 6. The standard InChI is InChI=1S/C15H20N2O8S/c1-7(18)17-12-14(24-10(4)21)13(23-9(3)20)11(5-22-8(2)19)25-15(12)16-6-26/h11-15H,5H2,1-4H3,(H,17,18)/t11-,12+,13-,14-,15-/m1/s1. The minimum Gasteiger partial charge on any atom is -0.463 e. The van der Waals surface area contributed by atoms with Crippen LogP contribution in [0.4, 0.5) is 0 Å². The van der Waals surface area contributed by atoms with Gasteiger partial charge < -0.3 is 24.3 Å². The maximum absolute atomic E-state index is 11.5. The molecule has 5 atom stereocenters. The second kappa shape index (κ2) is 9.95. The highest BCUT2D eigenvalue weighted by Gasteiger charge is 2.50. The summed E-state index contributed by atoms with van der Waals surface area (Å²) < 4.78 is 21.1. The zero-order valence-corrected chi connectivity index (χ0v) is 15.5. The maximum Gasteiger partial charge on any atom is 0.303 e. The van der Waals surface area contributed by atoms with Gasteiger partial charge in [0.2, 0.25) is 5.91 Å². The lowest BCUT2D eigenvalue weighted by atomic mass is 9.95. The van der Waals surface area contributed by atoms with Crippen LogP contribution in [0.5, 0.6) is 0 Å². The summed E-state index contributed by atoms with van der Waals surface area (Å²) in [7, 11) is 0. The molecule has 0 aliphatic carbocycles. The fourth-order valence-electron chi connectivity index (χ4n) is 2.47. The highest BCUT2D eigenvalue weighted by molar-refractivity contribution is 7.78. The van der Waals surface area contributed by atoms with E-state index in [0.29, 0.717) is 0 Å². The van der Waals surface area contributed by atoms with Crippen LogP contribution in [-0.4, -0.2) is 66.2 Å². The fourth-order valence-corrected chi connectivity index (χ4v) is 2.57. The van der Waals surface area contributed by atoms with Crippen molar-refractivity contribution in [3.05, 3.63) is 0 Å². The summed E-state index contributed by atoms with van der Waals surface area (Å²) in [4.78, 5) is 49.5. The number of esters is 3. The zero-order chi connectivity index (χ0) is 19.9. The minimum atomic E-state index is -1.15. The van der Waals surface area contributed by atoms with Gasteiger partial charge in [-0.2, -0.15) is 4.99 Å². The van der Waals surface area contributed by atoms with Crippen molar-refractivity contribution in [2.45, 2.75) is 58.3 Å². The van der Waals surface area contributed by atoms with E-state index in [9.17, 15) is 19.2 Å². The third kappa shape index (κ3) is 6.51. The smallest absolute Gasteiger partial charge is 0.303 e. The van der Waals surface area contributed by atoms with E-state index in [0.717, 1.165) is 13.8 Å². The van der Waals surface area contributed by atoms with Crippen molar-refractivity contribution in [2.24, 2.45) is 4.99 Å². The Hall–Kier alpha value is -2.36. The lowest BCUT2D eigenvalue weighted by molar-refractivity contribution is -0.222. The molecule has 1 heterocycles. The number of hydrogen-bond acceptors (Lipinski definition) is 10. The summed E-state index contributed by atoms with van der Waals surface area (Å²) in [6, 6.07) is -0.996. The Labute approximate surface area is 155 Å². The Bertz CT molecular complexity index is 619. The lowest BCUT2D eigenvalue weighted by Gasteiger charge is -2.43. The van der Waals surface area contributed by atoms with E-state index in [1.54, 1.807) is 0 Å². The van der Waals surface area contributed by atoms with E-state index in [-0.39, 0.29) is 6.61 Å². The van der Waals surface area contributed by atoms with E-state index in [4.69, 9.17) is 18.9 Å². The molecule has 1 saturated heterocycles.